The number of hydrogen-bond donors (Lipinski definition) is 1. The van der Waals surface area contributed by atoms with Gasteiger partial charge in [0.2, 0.25) is 0 Å². The summed E-state index contributed by atoms with van der Waals surface area (Å²) in [4.78, 5) is 19.9. The molecule has 0 aliphatic rings. The van der Waals surface area contributed by atoms with Crippen molar-refractivity contribution < 1.29 is 0 Å². The lowest BCUT2D eigenvalue weighted by atomic mass is 10.4. The van der Waals surface area contributed by atoms with E-state index in [9.17, 15) is 4.79 Å². The largest absolute Gasteiger partial charge is 0.365 e. The second-order valence-electron chi connectivity index (χ2n) is 3.95. The lowest BCUT2D eigenvalue weighted by Crippen LogP contribution is -2.24. The average Bonchev–Trinajstić information content (AvgIpc) is 2.89. The summed E-state index contributed by atoms with van der Waals surface area (Å²) in [5.41, 5.74) is -0.0670. The van der Waals surface area contributed by atoms with Crippen LogP contribution in [0.4, 0.5) is 5.82 Å². The van der Waals surface area contributed by atoms with Crippen LogP contribution in [0.5, 0.6) is 0 Å². The van der Waals surface area contributed by atoms with Gasteiger partial charge in [0, 0.05) is 44.4 Å². The zero-order valence-corrected chi connectivity index (χ0v) is 10.4. The molecular weight excluding hydrogens is 230 g/mol. The van der Waals surface area contributed by atoms with Crippen molar-refractivity contribution in [3.63, 3.8) is 0 Å². The van der Waals surface area contributed by atoms with Crippen LogP contribution in [0.2, 0.25) is 0 Å². The van der Waals surface area contributed by atoms with Crippen LogP contribution >= 0.6 is 0 Å². The molecule has 1 N–H and O–H groups in total. The molecule has 0 bridgehead atoms. The van der Waals surface area contributed by atoms with E-state index in [4.69, 9.17) is 0 Å². The maximum absolute atomic E-state index is 11.8. The van der Waals surface area contributed by atoms with E-state index < -0.39 is 0 Å². The van der Waals surface area contributed by atoms with Gasteiger partial charge in [0.1, 0.15) is 0 Å². The van der Waals surface area contributed by atoms with E-state index in [0.29, 0.717) is 18.9 Å². The highest BCUT2D eigenvalue weighted by Crippen LogP contribution is 1.95. The second kappa shape index (κ2) is 6.00. The van der Waals surface area contributed by atoms with Gasteiger partial charge in [-0.15, -0.1) is 0 Å². The lowest BCUT2D eigenvalue weighted by Gasteiger charge is -2.07. The van der Waals surface area contributed by atoms with Gasteiger partial charge >= 0.3 is 0 Å². The molecule has 6 nitrogen and oxygen atoms in total. The van der Waals surface area contributed by atoms with E-state index in [0.717, 1.165) is 13.0 Å². The first kappa shape index (κ1) is 12.3. The first-order chi connectivity index (χ1) is 8.81. The van der Waals surface area contributed by atoms with Crippen molar-refractivity contribution in [2.75, 3.05) is 11.9 Å². The van der Waals surface area contributed by atoms with E-state index in [1.54, 1.807) is 29.5 Å². The number of aromatic nitrogens is 4. The molecule has 96 valence electrons. The summed E-state index contributed by atoms with van der Waals surface area (Å²) in [6.45, 7) is 4.19. The van der Waals surface area contributed by atoms with Crippen molar-refractivity contribution in [3.05, 3.63) is 41.5 Å². The van der Waals surface area contributed by atoms with E-state index in [1.807, 2.05) is 17.7 Å². The lowest BCUT2D eigenvalue weighted by molar-refractivity contribution is 0.657. The number of nitrogens with zero attached hydrogens (tertiary/aromatic N) is 4. The standard InChI is InChI=1S/C12H17N5O/c1-2-17-9-6-15-11(12(17)18)14-4-3-7-16-8-5-13-10-16/h5-6,8-10H,2-4,7H2,1H3,(H,14,15). The summed E-state index contributed by atoms with van der Waals surface area (Å²) >= 11 is 0. The highest BCUT2D eigenvalue weighted by molar-refractivity contribution is 5.30. The van der Waals surface area contributed by atoms with Gasteiger partial charge in [-0.25, -0.2) is 9.97 Å². The molecule has 2 rings (SSSR count). The van der Waals surface area contributed by atoms with E-state index in [-0.39, 0.29) is 5.56 Å². The molecule has 2 aromatic heterocycles. The van der Waals surface area contributed by atoms with Crippen molar-refractivity contribution in [2.45, 2.75) is 26.4 Å². The molecule has 18 heavy (non-hydrogen) atoms. The van der Waals surface area contributed by atoms with Crippen molar-refractivity contribution in [1.82, 2.24) is 19.1 Å². The summed E-state index contributed by atoms with van der Waals surface area (Å²) in [7, 11) is 0. The van der Waals surface area contributed by atoms with Crippen molar-refractivity contribution in [1.29, 1.82) is 0 Å². The number of hydrogen-bond acceptors (Lipinski definition) is 4. The minimum absolute atomic E-state index is 0.0670. The van der Waals surface area contributed by atoms with Crippen molar-refractivity contribution in [3.8, 4) is 0 Å². The third-order valence-corrected chi connectivity index (χ3v) is 2.70. The third kappa shape index (κ3) is 2.97. The Labute approximate surface area is 105 Å². The van der Waals surface area contributed by atoms with Gasteiger partial charge in [-0.1, -0.05) is 0 Å². The summed E-state index contributed by atoms with van der Waals surface area (Å²) < 4.78 is 3.63. The highest BCUT2D eigenvalue weighted by atomic mass is 16.1. The molecule has 6 heteroatoms. The summed E-state index contributed by atoms with van der Waals surface area (Å²) in [5, 5.41) is 3.07. The monoisotopic (exact) mass is 247 g/mol. The van der Waals surface area contributed by atoms with Crippen LogP contribution in [0.1, 0.15) is 13.3 Å². The van der Waals surface area contributed by atoms with Crippen molar-refractivity contribution in [2.24, 2.45) is 0 Å². The van der Waals surface area contributed by atoms with Crippen LogP contribution < -0.4 is 10.9 Å². The first-order valence-electron chi connectivity index (χ1n) is 6.06. The molecule has 0 saturated carbocycles. The second-order valence-corrected chi connectivity index (χ2v) is 3.95. The van der Waals surface area contributed by atoms with Crippen LogP contribution in [0.15, 0.2) is 35.9 Å². The van der Waals surface area contributed by atoms with Gasteiger partial charge in [0.25, 0.3) is 5.56 Å². The number of imidazole rings is 1. The minimum atomic E-state index is -0.0670. The van der Waals surface area contributed by atoms with Crippen LogP contribution in [0.25, 0.3) is 0 Å². The Morgan fingerprint density at radius 1 is 1.33 bits per heavy atom. The predicted molar refractivity (Wildman–Crippen MR) is 69.5 cm³/mol. The fourth-order valence-electron chi connectivity index (χ4n) is 1.70. The molecule has 0 aromatic carbocycles. The van der Waals surface area contributed by atoms with E-state index in [2.05, 4.69) is 15.3 Å². The molecule has 0 unspecified atom stereocenters. The molecular formula is C12H17N5O. The Kier molecular flexibility index (Phi) is 4.11. The van der Waals surface area contributed by atoms with Crippen molar-refractivity contribution >= 4 is 5.82 Å². The molecule has 2 heterocycles. The number of aryl methyl sites for hydroxylation is 2. The zero-order chi connectivity index (χ0) is 12.8. The maximum Gasteiger partial charge on any atom is 0.293 e. The quantitative estimate of drug-likeness (QED) is 0.772. The summed E-state index contributed by atoms with van der Waals surface area (Å²) in [5.74, 6) is 0.421. The molecule has 0 atom stereocenters. The Hall–Kier alpha value is -2.11. The molecule has 0 aliphatic heterocycles. The summed E-state index contributed by atoms with van der Waals surface area (Å²) in [6.07, 6.45) is 9.71. The first-order valence-corrected chi connectivity index (χ1v) is 6.06. The van der Waals surface area contributed by atoms with Crippen LogP contribution in [-0.2, 0) is 13.1 Å². The smallest absolute Gasteiger partial charge is 0.293 e. The normalized spacial score (nSPS) is 10.5. The Balaban J connectivity index is 1.85. The fraction of sp³-hybridized carbons (Fsp3) is 0.417. The molecule has 0 saturated heterocycles. The van der Waals surface area contributed by atoms with Gasteiger partial charge < -0.3 is 14.5 Å². The molecule has 2 aromatic rings. The Morgan fingerprint density at radius 2 is 2.22 bits per heavy atom. The SMILES string of the molecule is CCn1ccnc(NCCCn2ccnc2)c1=O. The number of anilines is 1. The van der Waals surface area contributed by atoms with Crippen LogP contribution in [-0.4, -0.2) is 25.6 Å². The van der Waals surface area contributed by atoms with Gasteiger partial charge in [-0.3, -0.25) is 4.79 Å². The van der Waals surface area contributed by atoms with E-state index in [1.165, 1.54) is 0 Å². The van der Waals surface area contributed by atoms with Gasteiger partial charge in [-0.05, 0) is 13.3 Å². The molecule has 0 aliphatic carbocycles. The molecule has 0 spiro atoms. The topological polar surface area (TPSA) is 64.7 Å². The Bertz CT molecular complexity index is 532. The maximum atomic E-state index is 11.8. The summed E-state index contributed by atoms with van der Waals surface area (Å²) in [6, 6.07) is 0. The zero-order valence-electron chi connectivity index (χ0n) is 10.4. The third-order valence-electron chi connectivity index (χ3n) is 2.70. The van der Waals surface area contributed by atoms with E-state index >= 15 is 0 Å². The highest BCUT2D eigenvalue weighted by Gasteiger charge is 2.02. The predicted octanol–water partition coefficient (Wildman–Crippen LogP) is 0.962. The number of nitrogens with one attached hydrogen (secondary N) is 1. The minimum Gasteiger partial charge on any atom is -0.365 e. The molecule has 0 amide bonds. The average molecular weight is 247 g/mol. The Morgan fingerprint density at radius 3 is 2.94 bits per heavy atom. The molecule has 0 radical (unpaired) electrons. The van der Waals surface area contributed by atoms with Crippen LogP contribution in [0.3, 0.4) is 0 Å². The van der Waals surface area contributed by atoms with Crippen LogP contribution in [0, 0.1) is 0 Å². The number of rotatable bonds is 6. The van der Waals surface area contributed by atoms with Gasteiger partial charge in [0.05, 0.1) is 6.33 Å². The van der Waals surface area contributed by atoms with Gasteiger partial charge in [-0.2, -0.15) is 0 Å². The fourth-order valence-corrected chi connectivity index (χ4v) is 1.70. The van der Waals surface area contributed by atoms with Gasteiger partial charge in [0.15, 0.2) is 5.82 Å². The molecule has 0 fully saturated rings.